The van der Waals surface area contributed by atoms with Gasteiger partial charge in [-0.25, -0.2) is 0 Å². The zero-order chi connectivity index (χ0) is 17.9. The average Bonchev–Trinajstić information content (AvgIpc) is 2.93. The van der Waals surface area contributed by atoms with Gasteiger partial charge in [-0.1, -0.05) is 51.4 Å². The summed E-state index contributed by atoms with van der Waals surface area (Å²) in [6.45, 7) is 1.63. The summed E-state index contributed by atoms with van der Waals surface area (Å²) in [6.07, 6.45) is 13.1. The normalized spacial score (nSPS) is 32.1. The number of Topliss-reactive ketones (excluding diaryl/α,β-unsaturated/α-hetero) is 1. The third kappa shape index (κ3) is 3.99. The predicted octanol–water partition coefficient (Wildman–Crippen LogP) is 4.66. The molecule has 0 aromatic carbocycles. The molecule has 2 aliphatic carbocycles. The van der Waals surface area contributed by atoms with Crippen LogP contribution < -0.4 is 0 Å². The lowest BCUT2D eigenvalue weighted by molar-refractivity contribution is -0.132. The molecule has 3 aliphatic rings. The number of aliphatic hydroxyl groups is 1. The fourth-order valence-corrected chi connectivity index (χ4v) is 4.97. The van der Waals surface area contributed by atoms with Gasteiger partial charge in [-0.05, 0) is 38.0 Å². The first kappa shape index (κ1) is 18.6. The van der Waals surface area contributed by atoms with E-state index in [-0.39, 0.29) is 23.0 Å². The standard InChI is InChI=1S/C21H32O4/c1-21(14-22)18(17(23)13-12-15-8-4-2-5-9-15)19(24)20(25-21)16-10-6-3-7-11-16/h14-16,20,24H,2-13H2,1H3. The molecule has 0 saturated heterocycles. The molecule has 140 valence electrons. The van der Waals surface area contributed by atoms with Crippen molar-refractivity contribution in [1.29, 1.82) is 0 Å². The van der Waals surface area contributed by atoms with Crippen molar-refractivity contribution in [1.82, 2.24) is 0 Å². The van der Waals surface area contributed by atoms with Crippen molar-refractivity contribution in [3.8, 4) is 0 Å². The third-order valence-corrected chi connectivity index (χ3v) is 6.48. The van der Waals surface area contributed by atoms with E-state index in [9.17, 15) is 14.7 Å². The van der Waals surface area contributed by atoms with E-state index in [1.54, 1.807) is 6.92 Å². The number of hydrogen-bond donors (Lipinski definition) is 1. The van der Waals surface area contributed by atoms with E-state index in [1.165, 1.54) is 38.5 Å². The smallest absolute Gasteiger partial charge is 0.165 e. The fraction of sp³-hybridized carbons (Fsp3) is 0.810. The Balaban J connectivity index is 1.71. The lowest BCUT2D eigenvalue weighted by Crippen LogP contribution is -2.35. The molecule has 4 nitrogen and oxygen atoms in total. The van der Waals surface area contributed by atoms with Crippen LogP contribution in [-0.4, -0.2) is 28.9 Å². The minimum atomic E-state index is -1.28. The molecule has 0 aromatic rings. The third-order valence-electron chi connectivity index (χ3n) is 6.48. The maximum atomic E-state index is 12.8. The summed E-state index contributed by atoms with van der Waals surface area (Å²) in [5.74, 6) is 0.766. The number of ether oxygens (including phenoxy) is 1. The van der Waals surface area contributed by atoms with Crippen molar-refractivity contribution in [2.45, 2.75) is 95.7 Å². The topological polar surface area (TPSA) is 63.6 Å². The number of carbonyl (C=O) groups is 2. The van der Waals surface area contributed by atoms with E-state index in [0.29, 0.717) is 18.6 Å². The maximum absolute atomic E-state index is 12.8. The number of hydrogen-bond acceptors (Lipinski definition) is 4. The molecule has 2 unspecified atom stereocenters. The molecule has 1 heterocycles. The lowest BCUT2D eigenvalue weighted by atomic mass is 9.82. The van der Waals surface area contributed by atoms with Gasteiger partial charge in [-0.2, -0.15) is 0 Å². The van der Waals surface area contributed by atoms with Crippen LogP contribution in [0.4, 0.5) is 0 Å². The quantitative estimate of drug-likeness (QED) is 0.709. The van der Waals surface area contributed by atoms with Crippen molar-refractivity contribution in [3.63, 3.8) is 0 Å². The van der Waals surface area contributed by atoms with Gasteiger partial charge in [0.05, 0.1) is 5.57 Å². The van der Waals surface area contributed by atoms with Crippen molar-refractivity contribution in [2.24, 2.45) is 11.8 Å². The highest BCUT2D eigenvalue weighted by molar-refractivity contribution is 6.02. The molecule has 0 radical (unpaired) electrons. The molecule has 0 aromatic heterocycles. The molecule has 2 saturated carbocycles. The Labute approximate surface area is 151 Å². The average molecular weight is 348 g/mol. The Kier molecular flexibility index (Phi) is 5.98. The highest BCUT2D eigenvalue weighted by atomic mass is 16.5. The van der Waals surface area contributed by atoms with E-state index >= 15 is 0 Å². The first-order chi connectivity index (χ1) is 12.0. The molecule has 2 atom stereocenters. The number of ketones is 1. The van der Waals surface area contributed by atoms with Crippen molar-refractivity contribution in [2.75, 3.05) is 0 Å². The Morgan fingerprint density at radius 1 is 1.12 bits per heavy atom. The number of rotatable bonds is 6. The van der Waals surface area contributed by atoms with Crippen LogP contribution in [0.3, 0.4) is 0 Å². The monoisotopic (exact) mass is 348 g/mol. The predicted molar refractivity (Wildman–Crippen MR) is 96.4 cm³/mol. The van der Waals surface area contributed by atoms with Crippen LogP contribution in [0.2, 0.25) is 0 Å². The van der Waals surface area contributed by atoms with Gasteiger partial charge in [0.2, 0.25) is 0 Å². The molecular weight excluding hydrogens is 316 g/mol. The summed E-state index contributed by atoms with van der Waals surface area (Å²) in [5, 5.41) is 10.7. The first-order valence-electron chi connectivity index (χ1n) is 10.2. The van der Waals surface area contributed by atoms with Gasteiger partial charge in [-0.3, -0.25) is 9.59 Å². The summed E-state index contributed by atoms with van der Waals surface area (Å²) < 4.78 is 5.96. The minimum Gasteiger partial charge on any atom is -0.509 e. The summed E-state index contributed by atoms with van der Waals surface area (Å²) in [6, 6.07) is 0. The Hall–Kier alpha value is -1.16. The zero-order valence-corrected chi connectivity index (χ0v) is 15.5. The van der Waals surface area contributed by atoms with Crippen molar-refractivity contribution >= 4 is 12.1 Å². The van der Waals surface area contributed by atoms with E-state index in [0.717, 1.165) is 32.1 Å². The molecule has 3 rings (SSSR count). The van der Waals surface area contributed by atoms with Crippen molar-refractivity contribution in [3.05, 3.63) is 11.3 Å². The second-order valence-corrected chi connectivity index (χ2v) is 8.39. The molecule has 0 amide bonds. The molecule has 25 heavy (non-hydrogen) atoms. The highest BCUT2D eigenvalue weighted by Crippen LogP contribution is 2.42. The molecule has 0 spiro atoms. The van der Waals surface area contributed by atoms with Gasteiger partial charge in [0.25, 0.3) is 0 Å². The fourth-order valence-electron chi connectivity index (χ4n) is 4.97. The van der Waals surface area contributed by atoms with Crippen LogP contribution in [0, 0.1) is 11.8 Å². The molecule has 2 fully saturated rings. The zero-order valence-electron chi connectivity index (χ0n) is 15.5. The number of aldehydes is 1. The van der Waals surface area contributed by atoms with Gasteiger partial charge in [0, 0.05) is 6.42 Å². The van der Waals surface area contributed by atoms with Gasteiger partial charge in [0.15, 0.2) is 17.7 Å². The Morgan fingerprint density at radius 2 is 1.72 bits per heavy atom. The largest absolute Gasteiger partial charge is 0.509 e. The van der Waals surface area contributed by atoms with E-state index < -0.39 is 11.7 Å². The maximum Gasteiger partial charge on any atom is 0.165 e. The number of carbonyl (C=O) groups excluding carboxylic acids is 2. The molecule has 1 N–H and O–H groups in total. The summed E-state index contributed by atoms with van der Waals surface area (Å²) in [5.41, 5.74) is -1.05. The van der Waals surface area contributed by atoms with E-state index in [4.69, 9.17) is 4.74 Å². The van der Waals surface area contributed by atoms with Crippen LogP contribution in [0.15, 0.2) is 11.3 Å². The van der Waals surface area contributed by atoms with Gasteiger partial charge in [0.1, 0.15) is 11.9 Å². The van der Waals surface area contributed by atoms with Crippen LogP contribution in [-0.2, 0) is 14.3 Å². The van der Waals surface area contributed by atoms with Crippen LogP contribution >= 0.6 is 0 Å². The highest BCUT2D eigenvalue weighted by Gasteiger charge is 2.49. The van der Waals surface area contributed by atoms with Crippen LogP contribution in [0.25, 0.3) is 0 Å². The molecule has 1 aliphatic heterocycles. The second-order valence-electron chi connectivity index (χ2n) is 8.39. The van der Waals surface area contributed by atoms with Crippen molar-refractivity contribution < 1.29 is 19.4 Å². The molecule has 4 heteroatoms. The SMILES string of the molecule is CC1(C=O)OC(C2CCCCC2)C(O)=C1C(=O)CCC1CCCCC1. The van der Waals surface area contributed by atoms with E-state index in [2.05, 4.69) is 0 Å². The Morgan fingerprint density at radius 3 is 2.32 bits per heavy atom. The lowest BCUT2D eigenvalue weighted by Gasteiger charge is -2.29. The molecule has 0 bridgehead atoms. The summed E-state index contributed by atoms with van der Waals surface area (Å²) >= 11 is 0. The first-order valence-corrected chi connectivity index (χ1v) is 10.2. The van der Waals surface area contributed by atoms with Gasteiger partial charge < -0.3 is 9.84 Å². The van der Waals surface area contributed by atoms with Gasteiger partial charge >= 0.3 is 0 Å². The van der Waals surface area contributed by atoms with Crippen LogP contribution in [0.1, 0.15) is 84.0 Å². The summed E-state index contributed by atoms with van der Waals surface area (Å²) in [7, 11) is 0. The summed E-state index contributed by atoms with van der Waals surface area (Å²) in [4.78, 5) is 24.5. The van der Waals surface area contributed by atoms with E-state index in [1.807, 2.05) is 0 Å². The second kappa shape index (κ2) is 8.03. The Bertz CT molecular complexity index is 526. The van der Waals surface area contributed by atoms with Crippen LogP contribution in [0.5, 0.6) is 0 Å². The minimum absolute atomic E-state index is 0.0372. The van der Waals surface area contributed by atoms with Gasteiger partial charge in [-0.15, -0.1) is 0 Å². The number of aliphatic hydroxyl groups excluding tert-OH is 1. The molecular formula is C21H32O4.